The highest BCUT2D eigenvalue weighted by Crippen LogP contribution is 2.33. The van der Waals surface area contributed by atoms with Gasteiger partial charge in [0.1, 0.15) is 24.7 Å². The molecule has 0 aliphatic carbocycles. The molecule has 0 N–H and O–H groups in total. The molecule has 11 heteroatoms. The lowest BCUT2D eigenvalue weighted by Crippen LogP contribution is -2.26. The Morgan fingerprint density at radius 2 is 1.58 bits per heavy atom. The molecule has 3 aromatic rings. The molecule has 3 aromatic carbocycles. The number of hydrogen-bond acceptors (Lipinski definition) is 7. The summed E-state index contributed by atoms with van der Waals surface area (Å²) in [4.78, 5) is 16.9. The smallest absolute Gasteiger partial charge is 0.338 e. The van der Waals surface area contributed by atoms with Crippen LogP contribution in [0.5, 0.6) is 0 Å². The number of rotatable bonds is 11. The van der Waals surface area contributed by atoms with Crippen LogP contribution in [0.15, 0.2) is 76.8 Å². The second-order valence-corrected chi connectivity index (χ2v) is 10.2. The molecule has 0 saturated carbocycles. The standard InChI is InChI=1S/C25H22Cl3NO6S/c1-33-29-13-5-8-20(35-36(31,32)24-15-22(27)21(26)14-23(24)28)16-34-25(30)19-11-9-18(10-12-19)17-6-3-2-4-7-17/h2-4,6-7,9-15,20H,5,8,16H2,1H3/t20-/m0/s1. The average molecular weight is 571 g/mol. The van der Waals surface area contributed by atoms with Crippen LogP contribution in [0.4, 0.5) is 0 Å². The number of carbonyl (C=O) groups is 1. The summed E-state index contributed by atoms with van der Waals surface area (Å²) in [6.45, 7) is -0.335. The van der Waals surface area contributed by atoms with E-state index in [-0.39, 0.29) is 33.0 Å². The van der Waals surface area contributed by atoms with Crippen molar-refractivity contribution in [1.82, 2.24) is 0 Å². The first kappa shape index (κ1) is 28.0. The van der Waals surface area contributed by atoms with Crippen molar-refractivity contribution in [2.75, 3.05) is 13.7 Å². The monoisotopic (exact) mass is 569 g/mol. The van der Waals surface area contributed by atoms with Crippen molar-refractivity contribution >= 4 is 57.1 Å². The van der Waals surface area contributed by atoms with Crippen LogP contribution in [0.2, 0.25) is 15.1 Å². The topological polar surface area (TPSA) is 91.3 Å². The molecule has 1 atom stereocenters. The van der Waals surface area contributed by atoms with Crippen molar-refractivity contribution < 1.29 is 27.0 Å². The Bertz CT molecular complexity index is 1320. The van der Waals surface area contributed by atoms with Crippen LogP contribution < -0.4 is 0 Å². The fourth-order valence-corrected chi connectivity index (χ4v) is 5.22. The number of benzene rings is 3. The zero-order valence-electron chi connectivity index (χ0n) is 19.1. The van der Waals surface area contributed by atoms with E-state index in [1.165, 1.54) is 19.4 Å². The quantitative estimate of drug-likeness (QED) is 0.0842. The first-order valence-corrected chi connectivity index (χ1v) is 13.2. The van der Waals surface area contributed by atoms with Crippen molar-refractivity contribution in [3.05, 3.63) is 87.4 Å². The van der Waals surface area contributed by atoms with E-state index >= 15 is 0 Å². The van der Waals surface area contributed by atoms with E-state index in [9.17, 15) is 13.2 Å². The molecule has 0 unspecified atom stereocenters. The van der Waals surface area contributed by atoms with Gasteiger partial charge in [-0.3, -0.25) is 4.18 Å². The lowest BCUT2D eigenvalue weighted by atomic mass is 10.0. The van der Waals surface area contributed by atoms with Crippen LogP contribution in [-0.4, -0.2) is 40.4 Å². The Morgan fingerprint density at radius 3 is 2.25 bits per heavy atom. The second-order valence-electron chi connectivity index (χ2n) is 7.46. The highest BCUT2D eigenvalue weighted by atomic mass is 35.5. The Hall–Kier alpha value is -2.62. The summed E-state index contributed by atoms with van der Waals surface area (Å²) < 4.78 is 36.5. The van der Waals surface area contributed by atoms with Gasteiger partial charge in [0.15, 0.2) is 0 Å². The number of hydrogen-bond donors (Lipinski definition) is 0. The summed E-state index contributed by atoms with van der Waals surface area (Å²) in [5.41, 5.74) is 2.26. The van der Waals surface area contributed by atoms with Crippen molar-refractivity contribution in [2.24, 2.45) is 5.16 Å². The van der Waals surface area contributed by atoms with Crippen LogP contribution in [0.1, 0.15) is 23.2 Å². The van der Waals surface area contributed by atoms with Gasteiger partial charge >= 0.3 is 5.97 Å². The SMILES string of the molecule is CON=CCC[C@@H](COC(=O)c1ccc(-c2ccccc2)cc1)OS(=O)(=O)c1cc(Cl)c(Cl)cc1Cl. The van der Waals surface area contributed by atoms with Gasteiger partial charge in [-0.25, -0.2) is 4.79 Å². The maximum Gasteiger partial charge on any atom is 0.338 e. The molecular weight excluding hydrogens is 549 g/mol. The highest BCUT2D eigenvalue weighted by molar-refractivity contribution is 7.87. The molecule has 0 saturated heterocycles. The lowest BCUT2D eigenvalue weighted by Gasteiger charge is -2.18. The third kappa shape index (κ3) is 7.69. The van der Waals surface area contributed by atoms with Gasteiger partial charge in [0.05, 0.1) is 20.6 Å². The number of ether oxygens (including phenoxy) is 1. The average Bonchev–Trinajstić information content (AvgIpc) is 2.87. The van der Waals surface area contributed by atoms with E-state index in [1.54, 1.807) is 24.3 Å². The van der Waals surface area contributed by atoms with Crippen molar-refractivity contribution in [1.29, 1.82) is 0 Å². The van der Waals surface area contributed by atoms with Gasteiger partial charge in [0.25, 0.3) is 10.1 Å². The van der Waals surface area contributed by atoms with Gasteiger partial charge < -0.3 is 9.57 Å². The van der Waals surface area contributed by atoms with E-state index in [4.69, 9.17) is 43.7 Å². The fraction of sp³-hybridized carbons (Fsp3) is 0.200. The maximum atomic E-state index is 12.9. The first-order chi connectivity index (χ1) is 17.2. The summed E-state index contributed by atoms with van der Waals surface area (Å²) in [6.07, 6.45) is 0.869. The largest absolute Gasteiger partial charge is 0.459 e. The normalized spacial score (nSPS) is 12.4. The molecule has 0 aromatic heterocycles. The van der Waals surface area contributed by atoms with Gasteiger partial charge in [-0.15, -0.1) is 0 Å². The van der Waals surface area contributed by atoms with E-state index in [0.717, 1.165) is 17.2 Å². The molecule has 0 bridgehead atoms. The molecule has 36 heavy (non-hydrogen) atoms. The summed E-state index contributed by atoms with van der Waals surface area (Å²) >= 11 is 17.9. The molecule has 0 heterocycles. The number of esters is 1. The first-order valence-electron chi connectivity index (χ1n) is 10.7. The van der Waals surface area contributed by atoms with Crippen molar-refractivity contribution in [3.8, 4) is 11.1 Å². The summed E-state index contributed by atoms with van der Waals surface area (Å²) in [6, 6.07) is 18.9. The van der Waals surface area contributed by atoms with Crippen LogP contribution >= 0.6 is 34.8 Å². The molecule has 0 aliphatic heterocycles. The lowest BCUT2D eigenvalue weighted by molar-refractivity contribution is 0.0311. The summed E-state index contributed by atoms with van der Waals surface area (Å²) in [7, 11) is -2.98. The Morgan fingerprint density at radius 1 is 0.944 bits per heavy atom. The molecule has 0 fully saturated rings. The third-order valence-electron chi connectivity index (χ3n) is 4.93. The third-order valence-corrected chi connectivity index (χ3v) is 7.48. The van der Waals surface area contributed by atoms with Gasteiger partial charge in [-0.05, 0) is 48.2 Å². The molecule has 3 rings (SSSR count). The van der Waals surface area contributed by atoms with Crippen molar-refractivity contribution in [2.45, 2.75) is 23.8 Å². The van der Waals surface area contributed by atoms with Crippen LogP contribution in [-0.2, 0) is 23.9 Å². The molecule has 0 radical (unpaired) electrons. The van der Waals surface area contributed by atoms with Gasteiger partial charge in [-0.2, -0.15) is 8.42 Å². The van der Waals surface area contributed by atoms with E-state index in [2.05, 4.69) is 9.99 Å². The zero-order valence-corrected chi connectivity index (χ0v) is 22.2. The molecular formula is C25H22Cl3NO6S. The zero-order chi connectivity index (χ0) is 26.1. The van der Waals surface area contributed by atoms with Crippen LogP contribution in [0.3, 0.4) is 0 Å². The number of halogens is 3. The predicted octanol–water partition coefficient (Wildman–Crippen LogP) is 6.66. The fourth-order valence-electron chi connectivity index (χ4n) is 3.16. The molecule has 0 spiro atoms. The molecule has 190 valence electrons. The van der Waals surface area contributed by atoms with Gasteiger partial charge in [0.2, 0.25) is 0 Å². The minimum Gasteiger partial charge on any atom is -0.459 e. The Balaban J connectivity index is 1.71. The number of nitrogens with zero attached hydrogens (tertiary/aromatic N) is 1. The van der Waals surface area contributed by atoms with Crippen LogP contribution in [0, 0.1) is 0 Å². The van der Waals surface area contributed by atoms with E-state index < -0.39 is 22.2 Å². The Labute approximate surface area is 224 Å². The van der Waals surface area contributed by atoms with Crippen LogP contribution in [0.25, 0.3) is 11.1 Å². The van der Waals surface area contributed by atoms with Crippen molar-refractivity contribution in [3.63, 3.8) is 0 Å². The second kappa shape index (κ2) is 13.1. The molecule has 0 amide bonds. The maximum absolute atomic E-state index is 12.9. The minimum absolute atomic E-state index is 0.00241. The Kier molecular flexibility index (Phi) is 10.2. The predicted molar refractivity (Wildman–Crippen MR) is 140 cm³/mol. The number of oxime groups is 1. The van der Waals surface area contributed by atoms with E-state index in [1.807, 2.05) is 30.3 Å². The summed E-state index contributed by atoms with van der Waals surface area (Å²) in [5.74, 6) is -0.626. The molecule has 7 nitrogen and oxygen atoms in total. The van der Waals surface area contributed by atoms with E-state index in [0.29, 0.717) is 12.0 Å². The van der Waals surface area contributed by atoms with Gasteiger partial charge in [0, 0.05) is 6.21 Å². The minimum atomic E-state index is -4.36. The summed E-state index contributed by atoms with van der Waals surface area (Å²) in [5, 5.41) is 3.56. The van der Waals surface area contributed by atoms with Gasteiger partial charge in [-0.1, -0.05) is 82.4 Å². The highest BCUT2D eigenvalue weighted by Gasteiger charge is 2.26. The molecule has 0 aliphatic rings. The number of carbonyl (C=O) groups excluding carboxylic acids is 1.